The molecule has 3 fully saturated rings. The number of hydrogen-bond donors (Lipinski definition) is 7. The zero-order chi connectivity index (χ0) is 41.2. The van der Waals surface area contributed by atoms with Gasteiger partial charge in [0.25, 0.3) is 0 Å². The van der Waals surface area contributed by atoms with Gasteiger partial charge in [-0.3, -0.25) is 14.5 Å². The maximum atomic E-state index is 14.1. The molecule has 16 nitrogen and oxygen atoms in total. The third-order valence-corrected chi connectivity index (χ3v) is 12.4. The van der Waals surface area contributed by atoms with Gasteiger partial charge in [-0.05, 0) is 73.8 Å². The van der Waals surface area contributed by atoms with E-state index in [1.165, 1.54) is 21.0 Å². The minimum Gasteiger partial charge on any atom is -0.459 e. The number of likely N-dealkylation sites (N-methyl/N-ethyl adjacent to an activating group) is 1. The van der Waals surface area contributed by atoms with E-state index in [1.807, 2.05) is 0 Å². The van der Waals surface area contributed by atoms with Gasteiger partial charge in [0.2, 0.25) is 5.91 Å². The first kappa shape index (κ1) is 46.8. The van der Waals surface area contributed by atoms with Crippen LogP contribution >= 0.6 is 0 Å². The summed E-state index contributed by atoms with van der Waals surface area (Å²) in [7, 11) is 3.12. The molecule has 0 aromatic rings. The van der Waals surface area contributed by atoms with E-state index in [-0.39, 0.29) is 25.8 Å². The monoisotopic (exact) mass is 778 g/mol. The molecule has 0 bridgehead atoms. The second-order valence-electron chi connectivity index (χ2n) is 17.1. The summed E-state index contributed by atoms with van der Waals surface area (Å²) in [6.45, 7) is 16.2. The Morgan fingerprint density at radius 3 is 2.09 bits per heavy atom. The normalized spacial score (nSPS) is 48.9. The van der Waals surface area contributed by atoms with Crippen molar-refractivity contribution in [2.24, 2.45) is 29.4 Å². The Bertz CT molecular complexity index is 1240. The lowest BCUT2D eigenvalue weighted by atomic mass is 9.73. The molecule has 19 atom stereocenters. The van der Waals surface area contributed by atoms with Crippen LogP contribution in [0.5, 0.6) is 0 Å². The third kappa shape index (κ3) is 10.3. The van der Waals surface area contributed by atoms with Gasteiger partial charge in [-0.2, -0.15) is 0 Å². The highest BCUT2D eigenvalue weighted by Gasteiger charge is 2.53. The minimum atomic E-state index is -1.97. The summed E-state index contributed by atoms with van der Waals surface area (Å²) in [6.07, 6.45) is -11.7. The van der Waals surface area contributed by atoms with E-state index in [1.54, 1.807) is 67.3 Å². The largest absolute Gasteiger partial charge is 0.459 e. The van der Waals surface area contributed by atoms with Gasteiger partial charge < -0.3 is 64.8 Å². The van der Waals surface area contributed by atoms with Crippen LogP contribution in [0.4, 0.5) is 0 Å². The van der Waals surface area contributed by atoms with Crippen molar-refractivity contribution in [3.63, 3.8) is 0 Å². The van der Waals surface area contributed by atoms with Gasteiger partial charge in [-0.1, -0.05) is 27.7 Å². The van der Waals surface area contributed by atoms with Crippen LogP contribution in [0.15, 0.2) is 0 Å². The van der Waals surface area contributed by atoms with Crippen molar-refractivity contribution >= 4 is 11.9 Å². The lowest BCUT2D eigenvalue weighted by Gasteiger charge is -2.49. The predicted molar refractivity (Wildman–Crippen MR) is 195 cm³/mol. The fraction of sp³-hybridized carbons (Fsp3) is 0.947. The van der Waals surface area contributed by atoms with Crippen molar-refractivity contribution in [1.29, 1.82) is 0 Å². The van der Waals surface area contributed by atoms with Gasteiger partial charge in [0.05, 0.1) is 60.3 Å². The lowest BCUT2D eigenvalue weighted by Crippen LogP contribution is -2.61. The first-order valence-electron chi connectivity index (χ1n) is 19.4. The number of carbonyl (C=O) groups excluding carboxylic acids is 2. The Balaban J connectivity index is 2.18. The average Bonchev–Trinajstić information content (AvgIpc) is 3.08. The molecule has 8 N–H and O–H groups in total. The lowest BCUT2D eigenvalue weighted by molar-refractivity contribution is -0.318. The summed E-state index contributed by atoms with van der Waals surface area (Å²) in [5, 5.41) is 69.6. The molecule has 0 aromatic carbocycles. The number of aliphatic hydroxyl groups excluding tert-OH is 4. The van der Waals surface area contributed by atoms with Crippen molar-refractivity contribution < 1.29 is 68.6 Å². The van der Waals surface area contributed by atoms with Crippen molar-refractivity contribution in [2.75, 3.05) is 20.7 Å². The summed E-state index contributed by atoms with van der Waals surface area (Å²) in [4.78, 5) is 27.6. The van der Waals surface area contributed by atoms with Gasteiger partial charge in [0.15, 0.2) is 12.6 Å². The molecular formula is C38H70N2O14. The second kappa shape index (κ2) is 18.4. The van der Waals surface area contributed by atoms with Crippen molar-refractivity contribution in [2.45, 2.75) is 185 Å². The molecule has 316 valence electrons. The molecule has 0 aliphatic carbocycles. The Morgan fingerprint density at radius 1 is 0.926 bits per heavy atom. The highest BCUT2D eigenvalue weighted by atomic mass is 16.7. The number of carbonyl (C=O) groups is 2. The molecule has 0 radical (unpaired) electrons. The number of methoxy groups -OCH3 is 1. The van der Waals surface area contributed by atoms with Crippen molar-refractivity contribution in [1.82, 2.24) is 4.90 Å². The van der Waals surface area contributed by atoms with Crippen LogP contribution in [-0.2, 0) is 38.0 Å². The summed E-state index contributed by atoms with van der Waals surface area (Å²) < 4.78 is 37.1. The fourth-order valence-corrected chi connectivity index (χ4v) is 8.88. The molecule has 0 unspecified atom stereocenters. The Kier molecular flexibility index (Phi) is 15.9. The summed E-state index contributed by atoms with van der Waals surface area (Å²) in [6, 6.07) is -0.608. The number of rotatable bonds is 9. The number of amides is 1. The van der Waals surface area contributed by atoms with Crippen molar-refractivity contribution in [3.05, 3.63) is 0 Å². The molecule has 3 aliphatic rings. The number of esters is 1. The molecule has 1 amide bonds. The van der Waals surface area contributed by atoms with E-state index in [4.69, 9.17) is 34.2 Å². The van der Waals surface area contributed by atoms with E-state index >= 15 is 0 Å². The Hall–Kier alpha value is -1.54. The number of hydrogen-bond acceptors (Lipinski definition) is 15. The summed E-state index contributed by atoms with van der Waals surface area (Å²) in [5.41, 5.74) is 0.604. The number of aliphatic hydroxyl groups is 6. The van der Waals surface area contributed by atoms with Crippen molar-refractivity contribution in [3.8, 4) is 0 Å². The SMILES string of the molecule is CC[C@H]1OC(=O)[C@H](C)[C@@H](O[C@@H]2C[C@@](C)(OC)[C@@H](O)[C@H](C)O2)[C@H](C)[C@@H](O[C@@H]2O[C@H](C)C[C@H](N(C)CC(N)=O)[C@H]2O)[C@](C)(O)C[C@@H](C)[C@H](O)[C@H](C)[C@@H](O)[C@]1(C)O. The summed E-state index contributed by atoms with van der Waals surface area (Å²) >= 11 is 0. The number of ether oxygens (including phenoxy) is 6. The fourth-order valence-electron chi connectivity index (χ4n) is 8.88. The first-order valence-corrected chi connectivity index (χ1v) is 19.4. The second-order valence-corrected chi connectivity index (χ2v) is 17.1. The molecule has 3 saturated heterocycles. The van der Waals surface area contributed by atoms with Crippen LogP contribution < -0.4 is 5.73 Å². The van der Waals surface area contributed by atoms with Crippen LogP contribution in [0, 0.1) is 23.7 Å². The zero-order valence-corrected chi connectivity index (χ0v) is 34.2. The van der Waals surface area contributed by atoms with E-state index in [2.05, 4.69) is 0 Å². The van der Waals surface area contributed by atoms with Gasteiger partial charge in [-0.15, -0.1) is 0 Å². The van der Waals surface area contributed by atoms with Crippen LogP contribution in [0.25, 0.3) is 0 Å². The summed E-state index contributed by atoms with van der Waals surface area (Å²) in [5.74, 6) is -4.96. The molecule has 3 heterocycles. The molecule has 3 aliphatic heterocycles. The Morgan fingerprint density at radius 2 is 1.54 bits per heavy atom. The Labute approximate surface area is 320 Å². The number of primary amides is 1. The number of nitrogens with two attached hydrogens (primary N) is 1. The molecular weight excluding hydrogens is 708 g/mol. The van der Waals surface area contributed by atoms with Crippen LogP contribution in [0.2, 0.25) is 0 Å². The van der Waals surface area contributed by atoms with E-state index in [0.717, 1.165) is 0 Å². The molecule has 54 heavy (non-hydrogen) atoms. The molecule has 3 rings (SSSR count). The topological polar surface area (TPSA) is 240 Å². The van der Waals surface area contributed by atoms with Gasteiger partial charge in [0, 0.05) is 31.4 Å². The molecule has 0 spiro atoms. The van der Waals surface area contributed by atoms with E-state index < -0.39 is 126 Å². The highest BCUT2D eigenvalue weighted by molar-refractivity contribution is 5.76. The smallest absolute Gasteiger partial charge is 0.311 e. The van der Waals surface area contributed by atoms with Gasteiger partial charge in [0.1, 0.15) is 23.9 Å². The predicted octanol–water partition coefficient (Wildman–Crippen LogP) is 0.433. The first-order chi connectivity index (χ1) is 24.8. The standard InChI is InChI=1S/C38H70N2O14/c1-13-25-38(10,48)31(44)20(4)28(42)18(2)15-36(8,47)33(54-35-29(43)24(14-19(3)50-35)40(11)17-26(39)41)21(5)30(22(6)34(46)52-25)53-27-16-37(9,49-12)32(45)23(7)51-27/h18-25,27-33,35,42-45,47-48H,13-17H2,1-12H3,(H2,39,41)/t18-,19-,20+,21+,22-,23+,24+,25-,27-,28+,29-,30+,31-,32+,33-,35+,36-,37-,38-/m1/s1. The average molecular weight is 779 g/mol. The minimum absolute atomic E-state index is 0.0668. The van der Waals surface area contributed by atoms with Gasteiger partial charge >= 0.3 is 5.97 Å². The molecule has 16 heteroatoms. The van der Waals surface area contributed by atoms with Gasteiger partial charge in [-0.25, -0.2) is 0 Å². The number of cyclic esters (lactones) is 1. The number of nitrogens with zero attached hydrogens (tertiary/aromatic N) is 1. The van der Waals surface area contributed by atoms with E-state index in [9.17, 15) is 40.2 Å². The molecule has 0 aromatic heterocycles. The highest BCUT2D eigenvalue weighted by Crippen LogP contribution is 2.41. The van der Waals surface area contributed by atoms with Crippen LogP contribution in [0.1, 0.15) is 94.9 Å². The quantitative estimate of drug-likeness (QED) is 0.157. The molecule has 0 saturated carbocycles. The van der Waals surface area contributed by atoms with E-state index in [0.29, 0.717) is 6.42 Å². The maximum absolute atomic E-state index is 14.1. The zero-order valence-electron chi connectivity index (χ0n) is 34.2. The van der Waals surface area contributed by atoms with Crippen LogP contribution in [0.3, 0.4) is 0 Å². The van der Waals surface area contributed by atoms with Crippen LogP contribution in [-0.4, -0.2) is 158 Å². The maximum Gasteiger partial charge on any atom is 0.311 e. The third-order valence-electron chi connectivity index (χ3n) is 12.4.